The fraction of sp³-hybridized carbons (Fsp3) is 0.250. The SMILES string of the molecule is Cc1c(CO)cc(S(=O)(=O)O)cc1S(N)(=O)=O. The lowest BCUT2D eigenvalue weighted by Crippen LogP contribution is -2.16. The van der Waals surface area contributed by atoms with Gasteiger partial charge in [0.15, 0.2) is 0 Å². The Morgan fingerprint density at radius 1 is 1.24 bits per heavy atom. The third kappa shape index (κ3) is 3.01. The van der Waals surface area contributed by atoms with Crippen molar-refractivity contribution in [3.63, 3.8) is 0 Å². The second-order valence-electron chi connectivity index (χ2n) is 3.38. The molecule has 0 radical (unpaired) electrons. The molecule has 0 aliphatic heterocycles. The Hall–Kier alpha value is -1.00. The quantitative estimate of drug-likeness (QED) is 0.632. The van der Waals surface area contributed by atoms with Crippen molar-refractivity contribution in [3.05, 3.63) is 23.3 Å². The van der Waals surface area contributed by atoms with Crippen LogP contribution in [0.15, 0.2) is 21.9 Å². The molecule has 0 aromatic heterocycles. The third-order valence-corrected chi connectivity index (χ3v) is 4.08. The number of hydrogen-bond donors (Lipinski definition) is 3. The lowest BCUT2D eigenvalue weighted by atomic mass is 10.1. The average Bonchev–Trinajstić information content (AvgIpc) is 2.14. The van der Waals surface area contributed by atoms with Crippen molar-refractivity contribution in [1.29, 1.82) is 0 Å². The molecular weight excluding hydrogens is 270 g/mol. The van der Waals surface area contributed by atoms with E-state index in [0.29, 0.717) is 0 Å². The van der Waals surface area contributed by atoms with Crippen LogP contribution in [0.2, 0.25) is 0 Å². The van der Waals surface area contributed by atoms with E-state index in [9.17, 15) is 16.8 Å². The predicted molar refractivity (Wildman–Crippen MR) is 58.3 cm³/mol. The van der Waals surface area contributed by atoms with Crippen LogP contribution in [0.4, 0.5) is 0 Å². The van der Waals surface area contributed by atoms with Crippen LogP contribution in [0.25, 0.3) is 0 Å². The molecule has 17 heavy (non-hydrogen) atoms. The van der Waals surface area contributed by atoms with Gasteiger partial charge in [-0.2, -0.15) is 8.42 Å². The van der Waals surface area contributed by atoms with E-state index in [2.05, 4.69) is 0 Å². The lowest BCUT2D eigenvalue weighted by molar-refractivity contribution is 0.280. The number of aliphatic hydroxyl groups excluding tert-OH is 1. The summed E-state index contributed by atoms with van der Waals surface area (Å²) in [6.07, 6.45) is 0. The highest BCUT2D eigenvalue weighted by Crippen LogP contribution is 2.23. The Labute approximate surface area is 98.7 Å². The number of sulfonamides is 1. The predicted octanol–water partition coefficient (Wildman–Crippen LogP) is -0.619. The van der Waals surface area contributed by atoms with Gasteiger partial charge in [-0.1, -0.05) is 0 Å². The summed E-state index contributed by atoms with van der Waals surface area (Å²) in [5, 5.41) is 13.9. The maximum atomic E-state index is 11.2. The number of primary sulfonamides is 1. The number of nitrogens with two attached hydrogens (primary N) is 1. The van der Waals surface area contributed by atoms with Gasteiger partial charge in [-0.3, -0.25) is 4.55 Å². The zero-order valence-corrected chi connectivity index (χ0v) is 10.4. The monoisotopic (exact) mass is 281 g/mol. The molecule has 0 bridgehead atoms. The van der Waals surface area contributed by atoms with Crippen molar-refractivity contribution < 1.29 is 26.5 Å². The molecule has 0 amide bonds. The third-order valence-electron chi connectivity index (χ3n) is 2.22. The molecule has 0 heterocycles. The summed E-state index contributed by atoms with van der Waals surface area (Å²) in [5.41, 5.74) is 0.201. The maximum Gasteiger partial charge on any atom is 0.294 e. The minimum absolute atomic E-state index is 0.0594. The highest BCUT2D eigenvalue weighted by Gasteiger charge is 2.20. The molecule has 7 nitrogen and oxygen atoms in total. The van der Waals surface area contributed by atoms with Gasteiger partial charge in [-0.15, -0.1) is 0 Å². The standard InChI is InChI=1S/C8H11NO6S2/c1-5-6(4-10)2-7(17(13,14)15)3-8(5)16(9,11)12/h2-3,10H,4H2,1H3,(H2,9,11,12)(H,13,14,15). The molecule has 0 saturated carbocycles. The maximum absolute atomic E-state index is 11.2. The fourth-order valence-electron chi connectivity index (χ4n) is 1.33. The van der Waals surface area contributed by atoms with Crippen LogP contribution >= 0.6 is 0 Å². The van der Waals surface area contributed by atoms with Crippen molar-refractivity contribution in [2.75, 3.05) is 0 Å². The molecule has 0 unspecified atom stereocenters. The molecule has 0 atom stereocenters. The topological polar surface area (TPSA) is 135 Å². The van der Waals surface area contributed by atoms with Crippen molar-refractivity contribution in [3.8, 4) is 0 Å². The minimum atomic E-state index is -4.57. The highest BCUT2D eigenvalue weighted by molar-refractivity contribution is 7.89. The Morgan fingerprint density at radius 3 is 2.12 bits per heavy atom. The summed E-state index contributed by atoms with van der Waals surface area (Å²) in [7, 11) is -8.70. The largest absolute Gasteiger partial charge is 0.392 e. The Bertz CT molecular complexity index is 647. The Balaban J connectivity index is 3.74. The summed E-state index contributed by atoms with van der Waals surface area (Å²) in [5.74, 6) is 0. The molecule has 0 fully saturated rings. The normalized spacial score (nSPS) is 12.7. The summed E-state index contributed by atoms with van der Waals surface area (Å²) in [4.78, 5) is -1.08. The average molecular weight is 281 g/mol. The first-order chi connectivity index (χ1) is 7.57. The van der Waals surface area contributed by atoms with Crippen molar-refractivity contribution in [2.45, 2.75) is 23.3 Å². The molecule has 96 valence electrons. The van der Waals surface area contributed by atoms with Gasteiger partial charge in [0.2, 0.25) is 10.0 Å². The van der Waals surface area contributed by atoms with E-state index < -0.39 is 36.5 Å². The van der Waals surface area contributed by atoms with Gasteiger partial charge in [0, 0.05) is 0 Å². The summed E-state index contributed by atoms with van der Waals surface area (Å²) < 4.78 is 53.1. The van der Waals surface area contributed by atoms with Crippen LogP contribution < -0.4 is 5.14 Å². The first kappa shape index (κ1) is 14.1. The van der Waals surface area contributed by atoms with Crippen molar-refractivity contribution in [1.82, 2.24) is 0 Å². The van der Waals surface area contributed by atoms with Crippen LogP contribution in [0.5, 0.6) is 0 Å². The van der Waals surface area contributed by atoms with E-state index in [-0.39, 0.29) is 11.1 Å². The number of aliphatic hydroxyl groups is 1. The first-order valence-corrected chi connectivity index (χ1v) is 7.30. The zero-order chi connectivity index (χ0) is 13.4. The van der Waals surface area contributed by atoms with Crippen molar-refractivity contribution in [2.24, 2.45) is 5.14 Å². The molecule has 0 aliphatic rings. The van der Waals surface area contributed by atoms with E-state index in [1.165, 1.54) is 6.92 Å². The van der Waals surface area contributed by atoms with Gasteiger partial charge in [0.05, 0.1) is 16.4 Å². The van der Waals surface area contributed by atoms with Gasteiger partial charge in [-0.25, -0.2) is 13.6 Å². The van der Waals surface area contributed by atoms with Crippen LogP contribution in [-0.4, -0.2) is 26.5 Å². The van der Waals surface area contributed by atoms with E-state index in [1.807, 2.05) is 0 Å². The second-order valence-corrected chi connectivity index (χ2v) is 6.34. The molecule has 0 saturated heterocycles. The van der Waals surface area contributed by atoms with E-state index in [0.717, 1.165) is 12.1 Å². The minimum Gasteiger partial charge on any atom is -0.392 e. The van der Waals surface area contributed by atoms with Crippen LogP contribution in [0.1, 0.15) is 11.1 Å². The summed E-state index contributed by atoms with van der Waals surface area (Å²) >= 11 is 0. The first-order valence-electron chi connectivity index (χ1n) is 4.32. The molecule has 1 rings (SSSR count). The van der Waals surface area contributed by atoms with Crippen molar-refractivity contribution >= 4 is 20.1 Å². The van der Waals surface area contributed by atoms with Gasteiger partial charge >= 0.3 is 0 Å². The van der Waals surface area contributed by atoms with Gasteiger partial charge in [0.1, 0.15) is 0 Å². The highest BCUT2D eigenvalue weighted by atomic mass is 32.2. The smallest absolute Gasteiger partial charge is 0.294 e. The summed E-state index contributed by atoms with van der Waals surface area (Å²) in [6, 6.07) is 1.73. The Morgan fingerprint density at radius 2 is 1.76 bits per heavy atom. The Kier molecular flexibility index (Phi) is 3.60. The molecule has 1 aromatic carbocycles. The fourth-order valence-corrected chi connectivity index (χ4v) is 2.81. The van der Waals surface area contributed by atoms with E-state index in [4.69, 9.17) is 14.8 Å². The van der Waals surface area contributed by atoms with Crippen LogP contribution in [0.3, 0.4) is 0 Å². The second kappa shape index (κ2) is 4.35. The molecule has 1 aromatic rings. The molecule has 4 N–H and O–H groups in total. The van der Waals surface area contributed by atoms with Gasteiger partial charge in [0.25, 0.3) is 10.1 Å². The molecule has 0 aliphatic carbocycles. The molecular formula is C8H11NO6S2. The van der Waals surface area contributed by atoms with E-state index >= 15 is 0 Å². The van der Waals surface area contributed by atoms with Crippen LogP contribution in [-0.2, 0) is 26.7 Å². The number of benzene rings is 1. The summed E-state index contributed by atoms with van der Waals surface area (Å²) in [6.45, 7) is 0.802. The van der Waals surface area contributed by atoms with Gasteiger partial charge in [-0.05, 0) is 30.2 Å². The molecule has 9 heteroatoms. The lowest BCUT2D eigenvalue weighted by Gasteiger charge is -2.10. The molecule has 0 spiro atoms. The van der Waals surface area contributed by atoms with E-state index in [1.54, 1.807) is 0 Å². The number of hydrogen-bond acceptors (Lipinski definition) is 5. The van der Waals surface area contributed by atoms with Gasteiger partial charge < -0.3 is 5.11 Å². The zero-order valence-electron chi connectivity index (χ0n) is 8.78. The number of rotatable bonds is 3. The van der Waals surface area contributed by atoms with Crippen LogP contribution in [0, 0.1) is 6.92 Å².